The zero-order valence-electron chi connectivity index (χ0n) is 20.3. The van der Waals surface area contributed by atoms with Gasteiger partial charge in [0.15, 0.2) is 0 Å². The van der Waals surface area contributed by atoms with E-state index in [1.54, 1.807) is 30.3 Å². The van der Waals surface area contributed by atoms with Gasteiger partial charge in [-0.1, -0.05) is 18.2 Å². The van der Waals surface area contributed by atoms with Gasteiger partial charge in [-0.3, -0.25) is 9.10 Å². The number of benzene rings is 3. The Morgan fingerprint density at radius 3 is 2.22 bits per heavy atom. The molecule has 0 atom stereocenters. The summed E-state index contributed by atoms with van der Waals surface area (Å²) in [7, 11) is -4.87. The Balaban J connectivity index is 1.54. The number of sulfonamides is 2. The molecule has 1 amide bonds. The summed E-state index contributed by atoms with van der Waals surface area (Å²) in [4.78, 5) is 12.8. The van der Waals surface area contributed by atoms with Gasteiger partial charge in [0, 0.05) is 31.4 Å². The van der Waals surface area contributed by atoms with Crippen molar-refractivity contribution in [3.05, 3.63) is 78.4 Å². The van der Waals surface area contributed by atoms with Crippen molar-refractivity contribution in [2.24, 2.45) is 0 Å². The lowest BCUT2D eigenvalue weighted by Crippen LogP contribution is -2.40. The highest BCUT2D eigenvalue weighted by Crippen LogP contribution is 2.30. The molecule has 1 N–H and O–H groups in total. The number of nitrogens with zero attached hydrogens (tertiary/aromatic N) is 2. The van der Waals surface area contributed by atoms with E-state index >= 15 is 0 Å². The number of morpholine rings is 1. The minimum atomic E-state index is -3.88. The molecule has 3 aromatic carbocycles. The molecule has 1 aliphatic heterocycles. The van der Waals surface area contributed by atoms with E-state index in [9.17, 15) is 21.6 Å². The third-order valence-electron chi connectivity index (χ3n) is 5.90. The largest absolute Gasteiger partial charge is 0.495 e. The van der Waals surface area contributed by atoms with Gasteiger partial charge in [-0.05, 0) is 54.6 Å². The summed E-state index contributed by atoms with van der Waals surface area (Å²) < 4.78 is 65.3. The Bertz CT molecular complexity index is 1470. The van der Waals surface area contributed by atoms with Crippen LogP contribution in [0.5, 0.6) is 5.75 Å². The molecule has 3 aromatic rings. The van der Waals surface area contributed by atoms with Crippen molar-refractivity contribution in [1.82, 2.24) is 4.31 Å². The molecule has 1 heterocycles. The fraction of sp³-hybridized carbons (Fsp3) is 0.240. The first kappa shape index (κ1) is 26.6. The maximum absolute atomic E-state index is 13.2. The van der Waals surface area contributed by atoms with E-state index in [1.807, 2.05) is 0 Å². The van der Waals surface area contributed by atoms with Gasteiger partial charge in [0.2, 0.25) is 10.0 Å². The van der Waals surface area contributed by atoms with Crippen LogP contribution in [-0.4, -0.2) is 67.5 Å². The van der Waals surface area contributed by atoms with Gasteiger partial charge in [0.05, 0.1) is 30.9 Å². The Labute approximate surface area is 216 Å². The molecule has 4 rings (SSSR count). The molecule has 0 unspecified atom stereocenters. The Kier molecular flexibility index (Phi) is 7.83. The number of rotatable bonds is 8. The topological polar surface area (TPSA) is 122 Å². The van der Waals surface area contributed by atoms with Gasteiger partial charge in [-0.2, -0.15) is 4.31 Å². The molecule has 196 valence electrons. The van der Waals surface area contributed by atoms with Crippen LogP contribution in [0.25, 0.3) is 0 Å². The molecule has 10 nitrogen and oxygen atoms in total. The molecule has 0 aliphatic carbocycles. The molecule has 0 saturated carbocycles. The van der Waals surface area contributed by atoms with Gasteiger partial charge in [-0.15, -0.1) is 0 Å². The first-order chi connectivity index (χ1) is 17.6. The van der Waals surface area contributed by atoms with Crippen molar-refractivity contribution < 1.29 is 31.1 Å². The van der Waals surface area contributed by atoms with Crippen LogP contribution in [0, 0.1) is 0 Å². The Morgan fingerprint density at radius 2 is 1.59 bits per heavy atom. The Hall–Kier alpha value is -3.45. The van der Waals surface area contributed by atoms with Crippen LogP contribution >= 0.6 is 0 Å². The SMILES string of the molecule is COc1ccc(NC(=O)c2ccc(S(=O)(=O)N(C)c3ccccc3)cc2)cc1S(=O)(=O)N1CCOCC1. The molecular weight excluding hydrogens is 518 g/mol. The maximum atomic E-state index is 13.2. The van der Waals surface area contributed by atoms with E-state index in [2.05, 4.69) is 5.32 Å². The first-order valence-electron chi connectivity index (χ1n) is 11.4. The van der Waals surface area contributed by atoms with E-state index in [-0.39, 0.29) is 39.9 Å². The van der Waals surface area contributed by atoms with Gasteiger partial charge >= 0.3 is 0 Å². The normalized spacial score (nSPS) is 14.6. The lowest BCUT2D eigenvalue weighted by atomic mass is 10.2. The fourth-order valence-electron chi connectivity index (χ4n) is 3.80. The van der Waals surface area contributed by atoms with Gasteiger partial charge in [0.25, 0.3) is 15.9 Å². The number of carbonyl (C=O) groups excluding carboxylic acids is 1. The van der Waals surface area contributed by atoms with Crippen molar-refractivity contribution in [3.63, 3.8) is 0 Å². The second kappa shape index (κ2) is 10.9. The van der Waals surface area contributed by atoms with E-state index in [0.29, 0.717) is 18.9 Å². The second-order valence-corrected chi connectivity index (χ2v) is 12.0. The average molecular weight is 546 g/mol. The quantitative estimate of drug-likeness (QED) is 0.462. The molecule has 37 heavy (non-hydrogen) atoms. The number of anilines is 2. The summed E-state index contributed by atoms with van der Waals surface area (Å²) in [5, 5.41) is 2.67. The highest BCUT2D eigenvalue weighted by atomic mass is 32.2. The maximum Gasteiger partial charge on any atom is 0.264 e. The van der Waals surface area contributed by atoms with Crippen molar-refractivity contribution in [2.75, 3.05) is 50.1 Å². The molecule has 0 spiro atoms. The third-order valence-corrected chi connectivity index (χ3v) is 9.62. The molecule has 1 aliphatic rings. The minimum absolute atomic E-state index is 0.0266. The molecule has 0 aromatic heterocycles. The third kappa shape index (κ3) is 5.62. The summed E-state index contributed by atoms with van der Waals surface area (Å²) in [6.45, 7) is 1.03. The number of hydrogen-bond acceptors (Lipinski definition) is 7. The number of methoxy groups -OCH3 is 1. The number of hydrogen-bond donors (Lipinski definition) is 1. The molecule has 0 radical (unpaired) electrons. The summed E-state index contributed by atoms with van der Waals surface area (Å²) in [6, 6.07) is 18.5. The first-order valence-corrected chi connectivity index (χ1v) is 14.2. The number of para-hydroxylation sites is 1. The average Bonchev–Trinajstić information content (AvgIpc) is 2.93. The predicted octanol–water partition coefficient (Wildman–Crippen LogP) is 2.79. The van der Waals surface area contributed by atoms with Crippen LogP contribution in [0.4, 0.5) is 11.4 Å². The van der Waals surface area contributed by atoms with Crippen LogP contribution in [0.3, 0.4) is 0 Å². The van der Waals surface area contributed by atoms with Crippen LogP contribution in [-0.2, 0) is 24.8 Å². The summed E-state index contributed by atoms with van der Waals surface area (Å²) in [5.41, 5.74) is 0.958. The Morgan fingerprint density at radius 1 is 0.946 bits per heavy atom. The van der Waals surface area contributed by atoms with Crippen LogP contribution in [0.2, 0.25) is 0 Å². The van der Waals surface area contributed by atoms with Crippen molar-refractivity contribution >= 4 is 37.3 Å². The molecule has 1 saturated heterocycles. The summed E-state index contributed by atoms with van der Waals surface area (Å²) >= 11 is 0. The number of ether oxygens (including phenoxy) is 2. The van der Waals surface area contributed by atoms with Gasteiger partial charge < -0.3 is 14.8 Å². The fourth-order valence-corrected chi connectivity index (χ4v) is 6.58. The number of nitrogens with one attached hydrogen (secondary N) is 1. The highest BCUT2D eigenvalue weighted by Gasteiger charge is 2.30. The lowest BCUT2D eigenvalue weighted by molar-refractivity contribution is 0.0729. The van der Waals surface area contributed by atoms with E-state index in [1.165, 1.54) is 60.9 Å². The number of carbonyl (C=O) groups is 1. The molecule has 1 fully saturated rings. The van der Waals surface area contributed by atoms with Crippen LogP contribution < -0.4 is 14.4 Å². The van der Waals surface area contributed by atoms with Gasteiger partial charge in [0.1, 0.15) is 10.6 Å². The van der Waals surface area contributed by atoms with E-state index < -0.39 is 26.0 Å². The van der Waals surface area contributed by atoms with Gasteiger partial charge in [-0.25, -0.2) is 16.8 Å². The van der Waals surface area contributed by atoms with Crippen LogP contribution in [0.1, 0.15) is 10.4 Å². The number of amides is 1. The zero-order valence-corrected chi connectivity index (χ0v) is 22.0. The predicted molar refractivity (Wildman–Crippen MR) is 139 cm³/mol. The monoisotopic (exact) mass is 545 g/mol. The van der Waals surface area contributed by atoms with Crippen LogP contribution in [0.15, 0.2) is 82.6 Å². The highest BCUT2D eigenvalue weighted by molar-refractivity contribution is 7.92. The second-order valence-electron chi connectivity index (χ2n) is 8.17. The summed E-state index contributed by atoms with van der Waals surface area (Å²) in [5.74, 6) is -0.373. The molecule has 12 heteroatoms. The van der Waals surface area contributed by atoms with Crippen molar-refractivity contribution in [3.8, 4) is 5.75 Å². The van der Waals surface area contributed by atoms with Crippen molar-refractivity contribution in [1.29, 1.82) is 0 Å². The smallest absolute Gasteiger partial charge is 0.264 e. The van der Waals surface area contributed by atoms with E-state index in [4.69, 9.17) is 9.47 Å². The molecular formula is C25H27N3O7S2. The van der Waals surface area contributed by atoms with E-state index in [0.717, 1.165) is 4.31 Å². The lowest BCUT2D eigenvalue weighted by Gasteiger charge is -2.26. The minimum Gasteiger partial charge on any atom is -0.495 e. The standard InChI is InChI=1S/C25H27N3O7S2/c1-27(21-6-4-3-5-7-21)36(30,31)22-11-8-19(9-12-22)25(29)26-20-10-13-23(34-2)24(18-20)37(32,33)28-14-16-35-17-15-28/h3-13,18H,14-17H2,1-2H3,(H,26,29). The van der Waals surface area contributed by atoms with Crippen molar-refractivity contribution in [2.45, 2.75) is 9.79 Å². The summed E-state index contributed by atoms with van der Waals surface area (Å²) in [6.07, 6.45) is 0. The zero-order chi connectivity index (χ0) is 26.6. The molecule has 0 bridgehead atoms.